The maximum Gasteiger partial charge on any atom is 0.226 e. The van der Waals surface area contributed by atoms with Gasteiger partial charge in [-0.1, -0.05) is 40.6 Å². The number of amides is 1. The normalized spacial score (nSPS) is 11.0. The zero-order valence-electron chi connectivity index (χ0n) is 14.1. The second kappa shape index (κ2) is 8.21. The minimum Gasteiger partial charge on any atom is -0.302 e. The van der Waals surface area contributed by atoms with Crippen molar-refractivity contribution in [2.24, 2.45) is 0 Å². The van der Waals surface area contributed by atoms with Gasteiger partial charge in [0.15, 0.2) is 5.13 Å². The van der Waals surface area contributed by atoms with Crippen molar-refractivity contribution in [3.63, 3.8) is 0 Å². The quantitative estimate of drug-likeness (QED) is 0.409. The average molecular weight is 391 g/mol. The summed E-state index contributed by atoms with van der Waals surface area (Å²) in [6.07, 6.45) is 1.33. The lowest BCUT2D eigenvalue weighted by molar-refractivity contribution is -0.116. The second-order valence-corrected chi connectivity index (χ2v) is 8.46. The molecule has 0 fully saturated rings. The topological polar surface area (TPSA) is 42.0 Å². The van der Waals surface area contributed by atoms with Crippen LogP contribution in [0.5, 0.6) is 0 Å². The summed E-state index contributed by atoms with van der Waals surface area (Å²) >= 11 is 9.38. The molecule has 0 spiro atoms. The number of thiazole rings is 1. The molecule has 0 saturated heterocycles. The molecular formula is C19H19ClN2OS2. The van der Waals surface area contributed by atoms with Gasteiger partial charge in [0.05, 0.1) is 10.2 Å². The summed E-state index contributed by atoms with van der Waals surface area (Å²) in [5.41, 5.74) is 3.07. The molecule has 3 aromatic rings. The number of fused-ring (bicyclic) bond motifs is 1. The van der Waals surface area contributed by atoms with Crippen LogP contribution in [-0.4, -0.2) is 16.6 Å². The molecule has 2 aromatic carbocycles. The summed E-state index contributed by atoms with van der Waals surface area (Å²) in [6, 6.07) is 12.3. The third kappa shape index (κ3) is 4.75. The molecule has 6 heteroatoms. The number of nitrogens with one attached hydrogen (secondary N) is 1. The van der Waals surface area contributed by atoms with Crippen LogP contribution in [0.15, 0.2) is 41.3 Å². The van der Waals surface area contributed by atoms with Crippen molar-refractivity contribution in [1.82, 2.24) is 4.98 Å². The van der Waals surface area contributed by atoms with Gasteiger partial charge in [-0.3, -0.25) is 4.79 Å². The molecule has 1 amide bonds. The highest BCUT2D eigenvalue weighted by molar-refractivity contribution is 7.99. The Bertz CT molecular complexity index is 890. The molecule has 0 bridgehead atoms. The standard InChI is InChI=1S/C19H19ClN2OS2/c1-12-5-7-14(8-6-12)24-11-3-4-17(23)21-19-22-18-13(2)15(20)9-10-16(18)25-19/h5-10H,3-4,11H2,1-2H3,(H,21,22,23). The van der Waals surface area contributed by atoms with Crippen molar-refractivity contribution >= 4 is 56.0 Å². The van der Waals surface area contributed by atoms with Crippen LogP contribution in [0.25, 0.3) is 10.2 Å². The van der Waals surface area contributed by atoms with Crippen LogP contribution in [0.1, 0.15) is 24.0 Å². The summed E-state index contributed by atoms with van der Waals surface area (Å²) in [7, 11) is 0. The Hall–Kier alpha value is -1.56. The minimum atomic E-state index is 0.00677. The highest BCUT2D eigenvalue weighted by atomic mass is 35.5. The van der Waals surface area contributed by atoms with E-state index in [1.807, 2.05) is 19.1 Å². The molecule has 1 N–H and O–H groups in total. The number of hydrogen-bond donors (Lipinski definition) is 1. The molecule has 0 aliphatic heterocycles. The molecule has 1 heterocycles. The van der Waals surface area contributed by atoms with Crippen LogP contribution in [0, 0.1) is 13.8 Å². The largest absolute Gasteiger partial charge is 0.302 e. The van der Waals surface area contributed by atoms with Crippen LogP contribution >= 0.6 is 34.7 Å². The van der Waals surface area contributed by atoms with Crippen molar-refractivity contribution in [3.8, 4) is 0 Å². The van der Waals surface area contributed by atoms with E-state index in [-0.39, 0.29) is 5.91 Å². The number of thioether (sulfide) groups is 1. The molecule has 0 aliphatic carbocycles. The Morgan fingerprint density at radius 3 is 2.72 bits per heavy atom. The van der Waals surface area contributed by atoms with Gasteiger partial charge in [0.1, 0.15) is 0 Å². The van der Waals surface area contributed by atoms with Gasteiger partial charge < -0.3 is 5.32 Å². The molecule has 130 valence electrons. The van der Waals surface area contributed by atoms with Crippen molar-refractivity contribution in [1.29, 1.82) is 0 Å². The Morgan fingerprint density at radius 2 is 1.96 bits per heavy atom. The first kappa shape index (κ1) is 18.2. The van der Waals surface area contributed by atoms with E-state index in [9.17, 15) is 4.79 Å². The van der Waals surface area contributed by atoms with Gasteiger partial charge in [0.25, 0.3) is 0 Å². The Labute approximate surface area is 160 Å². The first-order valence-electron chi connectivity index (χ1n) is 8.08. The fourth-order valence-electron chi connectivity index (χ4n) is 2.39. The fraction of sp³-hybridized carbons (Fsp3) is 0.263. The highest BCUT2D eigenvalue weighted by Gasteiger charge is 2.11. The first-order chi connectivity index (χ1) is 12.0. The van der Waals surface area contributed by atoms with Crippen LogP contribution in [0.2, 0.25) is 5.02 Å². The number of aryl methyl sites for hydroxylation is 2. The lowest BCUT2D eigenvalue weighted by Crippen LogP contribution is -2.11. The molecular weight excluding hydrogens is 372 g/mol. The van der Waals surface area contributed by atoms with Gasteiger partial charge in [-0.05, 0) is 55.9 Å². The molecule has 1 aromatic heterocycles. The van der Waals surface area contributed by atoms with E-state index < -0.39 is 0 Å². The number of hydrogen-bond acceptors (Lipinski definition) is 4. The smallest absolute Gasteiger partial charge is 0.226 e. The van der Waals surface area contributed by atoms with Crippen molar-refractivity contribution in [2.75, 3.05) is 11.1 Å². The third-order valence-electron chi connectivity index (χ3n) is 3.83. The van der Waals surface area contributed by atoms with Crippen molar-refractivity contribution < 1.29 is 4.79 Å². The molecule has 0 atom stereocenters. The predicted octanol–water partition coefficient (Wildman–Crippen LogP) is 6.08. The number of nitrogens with zero attached hydrogens (tertiary/aromatic N) is 1. The first-order valence-corrected chi connectivity index (χ1v) is 10.3. The second-order valence-electron chi connectivity index (χ2n) is 5.85. The molecule has 25 heavy (non-hydrogen) atoms. The van der Waals surface area contributed by atoms with Crippen LogP contribution < -0.4 is 5.32 Å². The van der Waals surface area contributed by atoms with Gasteiger partial charge in [0, 0.05) is 16.3 Å². The number of aromatic nitrogens is 1. The maximum absolute atomic E-state index is 12.1. The van der Waals surface area contributed by atoms with Gasteiger partial charge in [-0.25, -0.2) is 4.98 Å². The minimum absolute atomic E-state index is 0.00677. The van der Waals surface area contributed by atoms with Crippen molar-refractivity contribution in [2.45, 2.75) is 31.6 Å². The zero-order chi connectivity index (χ0) is 17.8. The predicted molar refractivity (Wildman–Crippen MR) is 109 cm³/mol. The molecule has 0 radical (unpaired) electrons. The summed E-state index contributed by atoms with van der Waals surface area (Å²) < 4.78 is 1.03. The van der Waals surface area contributed by atoms with E-state index in [4.69, 9.17) is 11.6 Å². The molecule has 3 rings (SSSR count). The monoisotopic (exact) mass is 390 g/mol. The number of benzene rings is 2. The molecule has 3 nitrogen and oxygen atoms in total. The van der Waals surface area contributed by atoms with E-state index in [2.05, 4.69) is 41.5 Å². The lowest BCUT2D eigenvalue weighted by Gasteiger charge is -2.03. The van der Waals surface area contributed by atoms with E-state index in [1.54, 1.807) is 11.8 Å². The summed E-state index contributed by atoms with van der Waals surface area (Å²) in [6.45, 7) is 4.02. The van der Waals surface area contributed by atoms with Gasteiger partial charge in [-0.15, -0.1) is 11.8 Å². The van der Waals surface area contributed by atoms with Crippen molar-refractivity contribution in [3.05, 3.63) is 52.5 Å². The summed E-state index contributed by atoms with van der Waals surface area (Å²) in [5, 5.41) is 4.23. The number of rotatable bonds is 6. The summed E-state index contributed by atoms with van der Waals surface area (Å²) in [5.74, 6) is 0.928. The average Bonchev–Trinajstić information content (AvgIpc) is 3.00. The van der Waals surface area contributed by atoms with E-state index in [1.165, 1.54) is 21.8 Å². The summed E-state index contributed by atoms with van der Waals surface area (Å²) in [4.78, 5) is 17.9. The number of halogens is 1. The lowest BCUT2D eigenvalue weighted by atomic mass is 10.2. The SMILES string of the molecule is Cc1ccc(SCCCC(=O)Nc2nc3c(C)c(Cl)ccc3s2)cc1. The van der Waals surface area contributed by atoms with E-state index >= 15 is 0 Å². The highest BCUT2D eigenvalue weighted by Crippen LogP contribution is 2.31. The molecule has 0 unspecified atom stereocenters. The zero-order valence-corrected chi connectivity index (χ0v) is 16.5. The maximum atomic E-state index is 12.1. The fourth-order valence-corrected chi connectivity index (χ4v) is 4.34. The number of carbonyl (C=O) groups is 1. The number of anilines is 1. The Balaban J connectivity index is 1.49. The van der Waals surface area contributed by atoms with Crippen LogP contribution in [0.4, 0.5) is 5.13 Å². The molecule has 0 saturated carbocycles. The van der Waals surface area contributed by atoms with Crippen LogP contribution in [0.3, 0.4) is 0 Å². The van der Waals surface area contributed by atoms with Gasteiger partial charge in [-0.2, -0.15) is 0 Å². The van der Waals surface area contributed by atoms with E-state index in [0.717, 1.165) is 28.0 Å². The van der Waals surface area contributed by atoms with E-state index in [0.29, 0.717) is 16.6 Å². The Morgan fingerprint density at radius 1 is 1.20 bits per heavy atom. The number of carbonyl (C=O) groups excluding carboxylic acids is 1. The van der Waals surface area contributed by atoms with Crippen LogP contribution in [-0.2, 0) is 4.79 Å². The third-order valence-corrected chi connectivity index (χ3v) is 6.28. The van der Waals surface area contributed by atoms with Gasteiger partial charge >= 0.3 is 0 Å². The molecule has 0 aliphatic rings. The van der Waals surface area contributed by atoms with Gasteiger partial charge in [0.2, 0.25) is 5.91 Å². The Kier molecular flexibility index (Phi) is 5.99.